The molecule has 0 aromatic heterocycles. The zero-order valence-electron chi connectivity index (χ0n) is 18.7. The summed E-state index contributed by atoms with van der Waals surface area (Å²) in [6, 6.07) is 4.39. The average Bonchev–Trinajstić information content (AvgIpc) is 2.78. The lowest BCUT2D eigenvalue weighted by Gasteiger charge is -2.29. The largest absolute Gasteiger partial charge is 0.507 e. The van der Waals surface area contributed by atoms with Crippen molar-refractivity contribution in [2.45, 2.75) is 39.4 Å². The monoisotopic (exact) mass is 470 g/mol. The van der Waals surface area contributed by atoms with Gasteiger partial charge in [0.25, 0.3) is 0 Å². The lowest BCUT2D eigenvalue weighted by molar-refractivity contribution is -0.121. The number of benzene rings is 2. The summed E-state index contributed by atoms with van der Waals surface area (Å²) in [6.07, 6.45) is -0.199. The predicted molar refractivity (Wildman–Crippen MR) is 121 cm³/mol. The molecule has 0 aliphatic heterocycles. The second-order valence-corrected chi connectivity index (χ2v) is 8.23. The molecule has 0 unspecified atom stereocenters. The van der Waals surface area contributed by atoms with E-state index in [0.717, 1.165) is 0 Å². The lowest BCUT2D eigenvalue weighted by atomic mass is 9.75. The number of ketones is 3. The Morgan fingerprint density at radius 2 is 1.65 bits per heavy atom. The van der Waals surface area contributed by atoms with E-state index in [1.807, 2.05) is 0 Å². The third-order valence-corrected chi connectivity index (χ3v) is 5.88. The van der Waals surface area contributed by atoms with Gasteiger partial charge in [-0.25, -0.2) is 0 Å². The number of aliphatic hydroxyl groups is 2. The van der Waals surface area contributed by atoms with Crippen LogP contribution in [0, 0.1) is 5.92 Å². The molecular weight excluding hydrogens is 444 g/mol. The van der Waals surface area contributed by atoms with Crippen LogP contribution < -0.4 is 11.1 Å². The molecule has 0 fully saturated rings. The highest BCUT2D eigenvalue weighted by molar-refractivity contribution is 6.32. The normalized spacial score (nSPS) is 16.1. The maximum absolute atomic E-state index is 13.3. The molecule has 1 amide bonds. The molecule has 2 aromatic carbocycles. The first-order valence-corrected chi connectivity index (χ1v) is 10.7. The molecule has 0 radical (unpaired) electrons. The Bertz CT molecular complexity index is 1200. The summed E-state index contributed by atoms with van der Waals surface area (Å²) in [6.45, 7) is 2.44. The summed E-state index contributed by atoms with van der Waals surface area (Å²) in [4.78, 5) is 50.1. The minimum atomic E-state index is -1.17. The van der Waals surface area contributed by atoms with E-state index in [2.05, 4.69) is 5.32 Å². The summed E-state index contributed by atoms with van der Waals surface area (Å²) in [5, 5.41) is 39.5. The molecule has 10 nitrogen and oxygen atoms in total. The van der Waals surface area contributed by atoms with Gasteiger partial charge < -0.3 is 31.5 Å². The van der Waals surface area contributed by atoms with E-state index >= 15 is 0 Å². The molecule has 2 aromatic rings. The molecule has 34 heavy (non-hydrogen) atoms. The number of phenols is 2. The average molecular weight is 470 g/mol. The Morgan fingerprint density at radius 3 is 2.24 bits per heavy atom. The van der Waals surface area contributed by atoms with Crippen molar-refractivity contribution in [3.8, 4) is 11.5 Å². The summed E-state index contributed by atoms with van der Waals surface area (Å²) in [5.41, 5.74) is 5.55. The fourth-order valence-electron chi connectivity index (χ4n) is 4.32. The van der Waals surface area contributed by atoms with Gasteiger partial charge in [-0.15, -0.1) is 0 Å². The third kappa shape index (κ3) is 4.43. The highest BCUT2D eigenvalue weighted by Crippen LogP contribution is 2.47. The van der Waals surface area contributed by atoms with Crippen molar-refractivity contribution in [2.24, 2.45) is 11.7 Å². The molecule has 4 rings (SSSR count). The number of rotatable bonds is 3. The molecule has 7 N–H and O–H groups in total. The molecule has 2 aliphatic rings. The van der Waals surface area contributed by atoms with Gasteiger partial charge in [-0.05, 0) is 39.2 Å². The van der Waals surface area contributed by atoms with E-state index < -0.39 is 23.8 Å². The van der Waals surface area contributed by atoms with Gasteiger partial charge in [0.2, 0.25) is 5.91 Å². The predicted octanol–water partition coefficient (Wildman–Crippen LogP) is 0.781. The Balaban J connectivity index is 0.000000751. The van der Waals surface area contributed by atoms with E-state index in [0.29, 0.717) is 24.0 Å². The Morgan fingerprint density at radius 1 is 1.06 bits per heavy atom. The van der Waals surface area contributed by atoms with Crippen LogP contribution in [0.4, 0.5) is 5.69 Å². The van der Waals surface area contributed by atoms with Crippen molar-refractivity contribution in [2.75, 3.05) is 11.9 Å². The number of anilines is 1. The number of carbonyl (C=O) groups excluding carboxylic acids is 4. The molecular formula is C24H26N2O8. The van der Waals surface area contributed by atoms with Crippen LogP contribution in [0.1, 0.15) is 63.2 Å². The molecule has 10 heteroatoms. The zero-order valence-corrected chi connectivity index (χ0v) is 18.7. The van der Waals surface area contributed by atoms with Gasteiger partial charge >= 0.3 is 0 Å². The first kappa shape index (κ1) is 25.0. The number of nitrogens with one attached hydrogen (secondary N) is 1. The highest BCUT2D eigenvalue weighted by atomic mass is 16.5. The second-order valence-electron chi connectivity index (χ2n) is 8.23. The minimum Gasteiger partial charge on any atom is -0.507 e. The number of hydrogen-bond acceptors (Lipinski definition) is 9. The van der Waals surface area contributed by atoms with E-state index in [9.17, 15) is 29.4 Å². The Labute approximate surface area is 195 Å². The first-order chi connectivity index (χ1) is 16.0. The smallest absolute Gasteiger partial charge is 0.238 e. The maximum Gasteiger partial charge on any atom is 0.238 e. The van der Waals surface area contributed by atoms with E-state index in [4.69, 9.17) is 15.9 Å². The number of phenolic OH excluding ortho intramolecular Hbond substituents is 2. The van der Waals surface area contributed by atoms with Crippen LogP contribution >= 0.6 is 0 Å². The number of carbonyl (C=O) groups is 4. The quantitative estimate of drug-likeness (QED) is 0.237. The van der Waals surface area contributed by atoms with Gasteiger partial charge in [0.05, 0.1) is 28.9 Å². The fraction of sp³-hybridized carbons (Fsp3) is 0.333. The van der Waals surface area contributed by atoms with Crippen molar-refractivity contribution in [1.82, 2.24) is 0 Å². The van der Waals surface area contributed by atoms with Crippen molar-refractivity contribution in [1.29, 1.82) is 0 Å². The van der Waals surface area contributed by atoms with Crippen LogP contribution in [0.2, 0.25) is 0 Å². The van der Waals surface area contributed by atoms with Crippen LogP contribution in [0.5, 0.6) is 11.5 Å². The summed E-state index contributed by atoms with van der Waals surface area (Å²) in [7, 11) is 0. The molecule has 1 atom stereocenters. The third-order valence-electron chi connectivity index (χ3n) is 5.88. The molecule has 0 saturated heterocycles. The van der Waals surface area contributed by atoms with E-state index in [-0.39, 0.29) is 64.1 Å². The van der Waals surface area contributed by atoms with Crippen molar-refractivity contribution in [3.05, 3.63) is 51.6 Å². The number of fused-ring (bicyclic) bond motifs is 3. The number of nitrogens with two attached hydrogens (primary N) is 1. The molecule has 2 aliphatic carbocycles. The zero-order chi connectivity index (χ0) is 25.3. The molecule has 0 heterocycles. The van der Waals surface area contributed by atoms with Crippen LogP contribution in [-0.2, 0) is 22.4 Å². The maximum atomic E-state index is 13.3. The highest BCUT2D eigenvalue weighted by Gasteiger charge is 2.40. The van der Waals surface area contributed by atoms with Gasteiger partial charge in [0, 0.05) is 22.6 Å². The number of amides is 1. The molecule has 0 spiro atoms. The van der Waals surface area contributed by atoms with Gasteiger partial charge in [-0.3, -0.25) is 19.2 Å². The second kappa shape index (κ2) is 9.72. The van der Waals surface area contributed by atoms with Crippen LogP contribution in [0.15, 0.2) is 18.2 Å². The van der Waals surface area contributed by atoms with Crippen LogP contribution in [0.25, 0.3) is 0 Å². The Hall–Kier alpha value is -3.60. The summed E-state index contributed by atoms with van der Waals surface area (Å²) in [5.74, 6) is -2.93. The van der Waals surface area contributed by atoms with Crippen LogP contribution in [-0.4, -0.2) is 56.5 Å². The molecule has 0 saturated carbocycles. The summed E-state index contributed by atoms with van der Waals surface area (Å²) < 4.78 is 0. The topological polar surface area (TPSA) is 187 Å². The first-order valence-electron chi connectivity index (χ1n) is 10.7. The SMILES string of the molecule is CC(=O)[C@H]1CCc2c(O)c3c(c(O)c2C1)C(=O)c1cccc(NC(=O)CN)c1C3=O.CC(O)O. The number of hydrogen-bond donors (Lipinski definition) is 6. The number of aromatic hydroxyl groups is 2. The molecule has 0 bridgehead atoms. The van der Waals surface area contributed by atoms with Crippen molar-refractivity contribution >= 4 is 28.9 Å². The van der Waals surface area contributed by atoms with E-state index in [1.54, 1.807) is 0 Å². The van der Waals surface area contributed by atoms with E-state index in [1.165, 1.54) is 32.0 Å². The number of Topliss-reactive ketones (excluding diaryl/α,β-unsaturated/α-hetero) is 1. The van der Waals surface area contributed by atoms with Gasteiger partial charge in [-0.2, -0.15) is 0 Å². The lowest BCUT2D eigenvalue weighted by Crippen LogP contribution is -2.28. The van der Waals surface area contributed by atoms with Gasteiger partial charge in [0.1, 0.15) is 23.6 Å². The van der Waals surface area contributed by atoms with Crippen molar-refractivity contribution in [3.63, 3.8) is 0 Å². The van der Waals surface area contributed by atoms with Gasteiger partial charge in [0.15, 0.2) is 11.6 Å². The Kier molecular flexibility index (Phi) is 7.15. The standard InChI is InChI=1S/C22H20N2O6.C2H6O2/c1-9(25)10-5-6-11-13(7-10)21(29)17-18(19(11)27)22(30)16-12(20(17)28)3-2-4-14(16)24-15(26)8-23;1-2(3)4/h2-4,10,27,29H,5-8,23H2,1H3,(H,24,26);2-4H,1H3/t10-;/m0./s1. The van der Waals surface area contributed by atoms with Gasteiger partial charge in [-0.1, -0.05) is 12.1 Å². The number of aliphatic hydroxyl groups excluding tert-OH is 1. The summed E-state index contributed by atoms with van der Waals surface area (Å²) >= 11 is 0. The van der Waals surface area contributed by atoms with Crippen LogP contribution in [0.3, 0.4) is 0 Å². The minimum absolute atomic E-state index is 0.0101. The van der Waals surface area contributed by atoms with Crippen molar-refractivity contribution < 1.29 is 39.6 Å². The fourth-order valence-corrected chi connectivity index (χ4v) is 4.32. The molecule has 180 valence electrons.